The Labute approximate surface area is 163 Å². The minimum atomic E-state index is -0.346. The molecule has 3 aliphatic rings. The van der Waals surface area contributed by atoms with Crippen LogP contribution < -0.4 is 14.8 Å². The molecule has 0 bridgehead atoms. The van der Waals surface area contributed by atoms with E-state index in [4.69, 9.17) is 14.2 Å². The topological polar surface area (TPSA) is 94.1 Å². The number of fused-ring (bicyclic) bond motifs is 5. The van der Waals surface area contributed by atoms with Gasteiger partial charge in [0.1, 0.15) is 0 Å². The predicted molar refractivity (Wildman–Crippen MR) is 101 cm³/mol. The summed E-state index contributed by atoms with van der Waals surface area (Å²) in [6.45, 7) is 1.47. The summed E-state index contributed by atoms with van der Waals surface area (Å²) in [7, 11) is 4.47. The van der Waals surface area contributed by atoms with Gasteiger partial charge in [-0.05, 0) is 41.7 Å². The summed E-state index contributed by atoms with van der Waals surface area (Å²) >= 11 is 0. The fourth-order valence-electron chi connectivity index (χ4n) is 4.76. The van der Waals surface area contributed by atoms with E-state index in [2.05, 4.69) is 5.32 Å². The van der Waals surface area contributed by atoms with Crippen molar-refractivity contribution in [2.45, 2.75) is 25.8 Å². The lowest BCUT2D eigenvalue weighted by molar-refractivity contribution is -0.122. The van der Waals surface area contributed by atoms with Crippen LogP contribution in [-0.2, 0) is 20.7 Å². The third kappa shape index (κ3) is 2.42. The Kier molecular flexibility index (Phi) is 4.33. The van der Waals surface area contributed by atoms with Crippen LogP contribution in [0, 0.1) is 11.8 Å². The third-order valence-electron chi connectivity index (χ3n) is 5.87. The summed E-state index contributed by atoms with van der Waals surface area (Å²) in [5, 5.41) is 13.6. The normalized spacial score (nSPS) is 24.9. The number of aromatic hydroxyl groups is 1. The van der Waals surface area contributed by atoms with Crippen molar-refractivity contribution in [3.63, 3.8) is 0 Å². The Morgan fingerprint density at radius 1 is 1.21 bits per heavy atom. The molecule has 148 valence electrons. The highest BCUT2D eigenvalue weighted by Crippen LogP contribution is 2.59. The molecule has 7 heteroatoms. The Hall–Kier alpha value is -2.96. The van der Waals surface area contributed by atoms with E-state index < -0.39 is 0 Å². The molecule has 3 atom stereocenters. The largest absolute Gasteiger partial charge is 0.502 e. The zero-order valence-corrected chi connectivity index (χ0v) is 16.3. The number of carbonyl (C=O) groups excluding carboxylic acids is 2. The van der Waals surface area contributed by atoms with Crippen LogP contribution in [0.3, 0.4) is 0 Å². The van der Waals surface area contributed by atoms with Gasteiger partial charge in [0.2, 0.25) is 17.4 Å². The van der Waals surface area contributed by atoms with Crippen molar-refractivity contribution >= 4 is 17.3 Å². The van der Waals surface area contributed by atoms with E-state index in [9.17, 15) is 14.7 Å². The van der Waals surface area contributed by atoms with Crippen molar-refractivity contribution in [3.05, 3.63) is 34.6 Å². The van der Waals surface area contributed by atoms with Gasteiger partial charge in [-0.25, -0.2) is 0 Å². The zero-order valence-electron chi connectivity index (χ0n) is 16.3. The zero-order chi connectivity index (χ0) is 20.2. The highest BCUT2D eigenvalue weighted by atomic mass is 16.5. The minimum Gasteiger partial charge on any atom is -0.502 e. The van der Waals surface area contributed by atoms with Gasteiger partial charge in [-0.3, -0.25) is 9.59 Å². The molecular formula is C21H23NO6. The van der Waals surface area contributed by atoms with E-state index >= 15 is 0 Å². The SMILES string of the molecule is COC1=C[C@@H]2C3=C([C@@H]2C1=O)[C@@H](NC(C)=O)CCc1cc(OC)c(O)c(OC)c13. The molecule has 4 rings (SSSR count). The molecule has 0 unspecified atom stereocenters. The lowest BCUT2D eigenvalue weighted by Crippen LogP contribution is -2.44. The first-order valence-electron chi connectivity index (χ1n) is 9.21. The van der Waals surface area contributed by atoms with Crippen molar-refractivity contribution in [2.75, 3.05) is 21.3 Å². The van der Waals surface area contributed by atoms with Crippen LogP contribution in [0.15, 0.2) is 23.5 Å². The summed E-state index contributed by atoms with van der Waals surface area (Å²) in [4.78, 5) is 24.6. The smallest absolute Gasteiger partial charge is 0.217 e. The maximum absolute atomic E-state index is 12.8. The monoisotopic (exact) mass is 385 g/mol. The molecule has 0 saturated heterocycles. The number of allylic oxidation sites excluding steroid dienone is 3. The fraction of sp³-hybridized carbons (Fsp3) is 0.429. The molecule has 0 heterocycles. The van der Waals surface area contributed by atoms with Crippen LogP contribution >= 0.6 is 0 Å². The first-order chi connectivity index (χ1) is 13.4. The van der Waals surface area contributed by atoms with Gasteiger partial charge in [-0.15, -0.1) is 0 Å². The van der Waals surface area contributed by atoms with Crippen LogP contribution in [0.4, 0.5) is 0 Å². The molecule has 1 aromatic rings. The number of aryl methyl sites for hydroxylation is 1. The molecule has 3 aliphatic carbocycles. The molecule has 0 radical (unpaired) electrons. The van der Waals surface area contributed by atoms with Crippen molar-refractivity contribution < 1.29 is 28.9 Å². The number of methoxy groups -OCH3 is 3. The first-order valence-corrected chi connectivity index (χ1v) is 9.21. The number of amides is 1. The molecular weight excluding hydrogens is 362 g/mol. The summed E-state index contributed by atoms with van der Waals surface area (Å²) in [6.07, 6.45) is 3.11. The Morgan fingerprint density at radius 2 is 1.96 bits per heavy atom. The van der Waals surface area contributed by atoms with E-state index in [1.54, 1.807) is 6.07 Å². The number of hydrogen-bond donors (Lipinski definition) is 2. The van der Waals surface area contributed by atoms with E-state index in [1.165, 1.54) is 28.3 Å². The summed E-state index contributed by atoms with van der Waals surface area (Å²) in [6, 6.07) is 1.55. The van der Waals surface area contributed by atoms with Crippen LogP contribution in [0.1, 0.15) is 24.5 Å². The second-order valence-corrected chi connectivity index (χ2v) is 7.26. The van der Waals surface area contributed by atoms with Gasteiger partial charge in [0, 0.05) is 18.4 Å². The second-order valence-electron chi connectivity index (χ2n) is 7.26. The first kappa shape index (κ1) is 18.4. The summed E-state index contributed by atoms with van der Waals surface area (Å²) in [5.41, 5.74) is 3.55. The van der Waals surface area contributed by atoms with Crippen molar-refractivity contribution in [1.29, 1.82) is 0 Å². The number of carbonyl (C=O) groups is 2. The van der Waals surface area contributed by atoms with Crippen LogP contribution in [0.2, 0.25) is 0 Å². The average Bonchev–Trinajstić information content (AvgIpc) is 2.84. The fourth-order valence-corrected chi connectivity index (χ4v) is 4.76. The van der Waals surface area contributed by atoms with E-state index in [0.29, 0.717) is 30.1 Å². The van der Waals surface area contributed by atoms with Crippen molar-refractivity contribution in [3.8, 4) is 17.2 Å². The summed E-state index contributed by atoms with van der Waals surface area (Å²) in [5.74, 6) is 0.206. The molecule has 0 aromatic heterocycles. The molecule has 0 aliphatic heterocycles. The van der Waals surface area contributed by atoms with Crippen molar-refractivity contribution in [2.24, 2.45) is 11.8 Å². The third-order valence-corrected chi connectivity index (χ3v) is 5.87. The maximum Gasteiger partial charge on any atom is 0.217 e. The average molecular weight is 385 g/mol. The van der Waals surface area contributed by atoms with Crippen LogP contribution in [0.5, 0.6) is 17.2 Å². The Balaban J connectivity index is 1.95. The van der Waals surface area contributed by atoms with Gasteiger partial charge in [-0.1, -0.05) is 0 Å². The van der Waals surface area contributed by atoms with E-state index in [1.807, 2.05) is 6.08 Å². The highest BCUT2D eigenvalue weighted by Gasteiger charge is 2.54. The molecule has 2 N–H and O–H groups in total. The number of phenolic OH excluding ortho intramolecular Hbond substituents is 1. The highest BCUT2D eigenvalue weighted by molar-refractivity contribution is 6.08. The van der Waals surface area contributed by atoms with E-state index in [0.717, 1.165) is 22.3 Å². The molecule has 0 fully saturated rings. The van der Waals surface area contributed by atoms with Gasteiger partial charge in [-0.2, -0.15) is 0 Å². The Morgan fingerprint density at radius 3 is 2.57 bits per heavy atom. The van der Waals surface area contributed by atoms with Crippen molar-refractivity contribution in [1.82, 2.24) is 5.32 Å². The number of benzene rings is 1. The lowest BCUT2D eigenvalue weighted by Gasteiger charge is -2.40. The number of nitrogens with one attached hydrogen (secondary N) is 1. The lowest BCUT2D eigenvalue weighted by atomic mass is 9.64. The number of rotatable bonds is 4. The van der Waals surface area contributed by atoms with Crippen LogP contribution in [0.25, 0.3) is 5.57 Å². The number of ether oxygens (including phenoxy) is 3. The van der Waals surface area contributed by atoms with E-state index in [-0.39, 0.29) is 35.3 Å². The van der Waals surface area contributed by atoms with Gasteiger partial charge < -0.3 is 24.6 Å². The second kappa shape index (κ2) is 6.58. The standard InChI is InChI=1S/C21H23NO6/c1-9(23)22-12-6-5-10-7-13(26-2)20(25)21(28-4)15(10)16-11-8-14(27-3)19(24)17(11)18(12)16/h7-8,11-12,17,25H,5-6H2,1-4H3,(H,22,23)/t11-,12+,17-/m1/s1. The quantitative estimate of drug-likeness (QED) is 0.823. The maximum atomic E-state index is 12.8. The van der Waals surface area contributed by atoms with Gasteiger partial charge in [0.25, 0.3) is 0 Å². The molecule has 0 spiro atoms. The van der Waals surface area contributed by atoms with Gasteiger partial charge in [0.15, 0.2) is 17.3 Å². The summed E-state index contributed by atoms with van der Waals surface area (Å²) < 4.78 is 16.1. The molecule has 7 nitrogen and oxygen atoms in total. The van der Waals surface area contributed by atoms with Crippen LogP contribution in [-0.4, -0.2) is 44.2 Å². The molecule has 1 aromatic carbocycles. The minimum absolute atomic E-state index is 0.0678. The number of Topliss-reactive ketones (excluding diaryl/α,β-unsaturated/α-hetero) is 1. The number of phenols is 1. The number of ketones is 1. The predicted octanol–water partition coefficient (Wildman–Crippen LogP) is 1.97. The molecule has 1 amide bonds. The van der Waals surface area contributed by atoms with Gasteiger partial charge in [0.05, 0.1) is 33.3 Å². The molecule has 28 heavy (non-hydrogen) atoms. The Bertz CT molecular complexity index is 945. The van der Waals surface area contributed by atoms with Gasteiger partial charge >= 0.3 is 0 Å². The number of hydrogen-bond acceptors (Lipinski definition) is 6. The molecule has 0 saturated carbocycles.